The number of hydrogen-bond donors (Lipinski definition) is 1. The maximum Gasteiger partial charge on any atom is 0.251 e. The topological polar surface area (TPSA) is 47.0 Å². The molecule has 1 aliphatic heterocycles. The van der Waals surface area contributed by atoms with Crippen molar-refractivity contribution in [3.8, 4) is 0 Å². The molecular weight excluding hydrogens is 200 g/mol. The predicted octanol–water partition coefficient (Wildman–Crippen LogP) is 1.26. The van der Waals surface area contributed by atoms with Crippen molar-refractivity contribution in [1.82, 2.24) is 9.55 Å². The summed E-state index contributed by atoms with van der Waals surface area (Å²) in [4.78, 5) is 13.6. The van der Waals surface area contributed by atoms with E-state index in [1.54, 1.807) is 6.20 Å². The van der Waals surface area contributed by atoms with E-state index in [4.69, 9.17) is 17.0 Å². The second kappa shape index (κ2) is 4.06. The number of H-pyrrole nitrogens is 1. The fourth-order valence-electron chi connectivity index (χ4n) is 1.66. The lowest BCUT2D eigenvalue weighted by molar-refractivity contribution is 0.0581. The molecule has 0 saturated carbocycles. The molecular formula is C9H12N2O2S. The number of aromatic nitrogens is 2. The molecule has 2 rings (SSSR count). The summed E-state index contributed by atoms with van der Waals surface area (Å²) in [5.41, 5.74) is -0.150. The van der Waals surface area contributed by atoms with Crippen LogP contribution in [0.1, 0.15) is 18.9 Å². The van der Waals surface area contributed by atoms with Gasteiger partial charge in [0, 0.05) is 18.9 Å². The molecule has 2 heterocycles. The van der Waals surface area contributed by atoms with Gasteiger partial charge in [0.1, 0.15) is 0 Å². The highest BCUT2D eigenvalue weighted by atomic mass is 32.1. The zero-order valence-corrected chi connectivity index (χ0v) is 8.55. The van der Waals surface area contributed by atoms with Crippen LogP contribution in [0.3, 0.4) is 0 Å². The van der Waals surface area contributed by atoms with Crippen molar-refractivity contribution in [3.63, 3.8) is 0 Å². The van der Waals surface area contributed by atoms with Gasteiger partial charge in [-0.2, -0.15) is 0 Å². The molecule has 1 N–H and O–H groups in total. The Morgan fingerprint density at radius 3 is 3.14 bits per heavy atom. The SMILES string of the molecule is O=c1ccn(C2CCCOC2)c(=S)[nH]1. The highest BCUT2D eigenvalue weighted by Crippen LogP contribution is 2.18. The van der Waals surface area contributed by atoms with E-state index in [9.17, 15) is 4.79 Å². The van der Waals surface area contributed by atoms with E-state index in [2.05, 4.69) is 4.98 Å². The summed E-state index contributed by atoms with van der Waals surface area (Å²) < 4.78 is 7.74. The lowest BCUT2D eigenvalue weighted by Crippen LogP contribution is -2.23. The zero-order valence-electron chi connectivity index (χ0n) is 7.73. The lowest BCUT2D eigenvalue weighted by atomic mass is 10.1. The number of nitrogens with zero attached hydrogens (tertiary/aromatic N) is 1. The molecule has 0 spiro atoms. The Morgan fingerprint density at radius 1 is 1.64 bits per heavy atom. The highest BCUT2D eigenvalue weighted by Gasteiger charge is 2.15. The van der Waals surface area contributed by atoms with Crippen LogP contribution in [-0.4, -0.2) is 22.8 Å². The molecule has 1 aromatic rings. The summed E-state index contributed by atoms with van der Waals surface area (Å²) >= 11 is 5.07. The third kappa shape index (κ3) is 1.93. The third-order valence-corrected chi connectivity index (χ3v) is 2.69. The van der Waals surface area contributed by atoms with Crippen molar-refractivity contribution in [2.24, 2.45) is 0 Å². The molecule has 0 amide bonds. The van der Waals surface area contributed by atoms with Gasteiger partial charge in [0.15, 0.2) is 4.77 Å². The van der Waals surface area contributed by atoms with Gasteiger partial charge in [0.25, 0.3) is 5.56 Å². The maximum atomic E-state index is 11.0. The molecule has 1 unspecified atom stereocenters. The summed E-state index contributed by atoms with van der Waals surface area (Å²) in [6.07, 6.45) is 3.84. The molecule has 0 aliphatic carbocycles. The molecule has 76 valence electrons. The summed E-state index contributed by atoms with van der Waals surface area (Å²) in [6.45, 7) is 1.51. The fourth-order valence-corrected chi connectivity index (χ4v) is 1.97. The van der Waals surface area contributed by atoms with Gasteiger partial charge < -0.3 is 9.30 Å². The Bertz CT molecular complexity index is 417. The number of nitrogens with one attached hydrogen (secondary N) is 1. The number of ether oxygens (including phenoxy) is 1. The number of hydrogen-bond acceptors (Lipinski definition) is 3. The van der Waals surface area contributed by atoms with Crippen LogP contribution in [0.2, 0.25) is 0 Å². The van der Waals surface area contributed by atoms with Crippen LogP contribution in [0.25, 0.3) is 0 Å². The first-order valence-electron chi connectivity index (χ1n) is 4.66. The number of aromatic amines is 1. The highest BCUT2D eigenvalue weighted by molar-refractivity contribution is 7.71. The van der Waals surface area contributed by atoms with E-state index < -0.39 is 0 Å². The van der Waals surface area contributed by atoms with Gasteiger partial charge in [-0.3, -0.25) is 9.78 Å². The molecule has 1 aliphatic rings. The average molecular weight is 212 g/mol. The quantitative estimate of drug-likeness (QED) is 0.713. The summed E-state index contributed by atoms with van der Waals surface area (Å²) in [5.74, 6) is 0. The molecule has 0 radical (unpaired) electrons. The van der Waals surface area contributed by atoms with Crippen LogP contribution in [0.4, 0.5) is 0 Å². The van der Waals surface area contributed by atoms with E-state index in [0.717, 1.165) is 19.4 Å². The van der Waals surface area contributed by atoms with E-state index >= 15 is 0 Å². The van der Waals surface area contributed by atoms with E-state index in [1.807, 2.05) is 4.57 Å². The van der Waals surface area contributed by atoms with Crippen LogP contribution in [0, 0.1) is 4.77 Å². The Kier molecular flexibility index (Phi) is 2.79. The van der Waals surface area contributed by atoms with Crippen molar-refractivity contribution < 1.29 is 4.74 Å². The van der Waals surface area contributed by atoms with Gasteiger partial charge >= 0.3 is 0 Å². The van der Waals surface area contributed by atoms with Crippen LogP contribution < -0.4 is 5.56 Å². The number of rotatable bonds is 1. The van der Waals surface area contributed by atoms with Gasteiger partial charge in [-0.05, 0) is 25.1 Å². The first-order chi connectivity index (χ1) is 6.77. The summed E-state index contributed by atoms with van der Waals surface area (Å²) in [6, 6.07) is 1.76. The lowest BCUT2D eigenvalue weighted by Gasteiger charge is -2.24. The summed E-state index contributed by atoms with van der Waals surface area (Å²) in [5, 5.41) is 0. The molecule has 0 aromatic carbocycles. The maximum absolute atomic E-state index is 11.0. The minimum atomic E-state index is -0.150. The first kappa shape index (κ1) is 9.61. The molecule has 1 saturated heterocycles. The van der Waals surface area contributed by atoms with Crippen molar-refractivity contribution in [1.29, 1.82) is 0 Å². The molecule has 0 bridgehead atoms. The Labute approximate surface area is 86.5 Å². The van der Waals surface area contributed by atoms with Gasteiger partial charge in [-0.1, -0.05) is 0 Å². The van der Waals surface area contributed by atoms with Gasteiger partial charge in [-0.15, -0.1) is 0 Å². The Morgan fingerprint density at radius 2 is 2.50 bits per heavy atom. The predicted molar refractivity (Wildman–Crippen MR) is 55.0 cm³/mol. The average Bonchev–Trinajstić information content (AvgIpc) is 2.19. The molecule has 5 heteroatoms. The van der Waals surface area contributed by atoms with Crippen LogP contribution in [0.15, 0.2) is 17.1 Å². The van der Waals surface area contributed by atoms with E-state index in [1.165, 1.54) is 6.07 Å². The Balaban J connectivity index is 2.31. The van der Waals surface area contributed by atoms with Gasteiger partial charge in [0.2, 0.25) is 0 Å². The fraction of sp³-hybridized carbons (Fsp3) is 0.556. The standard InChI is InChI=1S/C9H12N2O2S/c12-8-3-4-11(9(14)10-8)7-2-1-5-13-6-7/h3-4,7H,1-2,5-6H2,(H,10,12,14). The summed E-state index contributed by atoms with van der Waals surface area (Å²) in [7, 11) is 0. The van der Waals surface area contributed by atoms with Crippen LogP contribution >= 0.6 is 12.2 Å². The van der Waals surface area contributed by atoms with Crippen molar-refractivity contribution in [3.05, 3.63) is 27.4 Å². The van der Waals surface area contributed by atoms with E-state index in [-0.39, 0.29) is 11.6 Å². The molecule has 14 heavy (non-hydrogen) atoms. The first-order valence-corrected chi connectivity index (χ1v) is 5.07. The Hall–Kier alpha value is -0.940. The van der Waals surface area contributed by atoms with Crippen LogP contribution in [0.5, 0.6) is 0 Å². The minimum Gasteiger partial charge on any atom is -0.379 e. The zero-order chi connectivity index (χ0) is 9.97. The second-order valence-corrected chi connectivity index (χ2v) is 3.78. The van der Waals surface area contributed by atoms with Gasteiger partial charge in [0.05, 0.1) is 12.6 Å². The second-order valence-electron chi connectivity index (χ2n) is 3.39. The molecule has 4 nitrogen and oxygen atoms in total. The van der Waals surface area contributed by atoms with Crippen molar-refractivity contribution in [2.45, 2.75) is 18.9 Å². The van der Waals surface area contributed by atoms with E-state index in [0.29, 0.717) is 11.4 Å². The van der Waals surface area contributed by atoms with Crippen LogP contribution in [-0.2, 0) is 4.74 Å². The normalized spacial score (nSPS) is 22.1. The molecule has 1 fully saturated rings. The molecule has 1 atom stereocenters. The molecule has 1 aromatic heterocycles. The monoisotopic (exact) mass is 212 g/mol. The largest absolute Gasteiger partial charge is 0.379 e. The van der Waals surface area contributed by atoms with Crippen molar-refractivity contribution >= 4 is 12.2 Å². The smallest absolute Gasteiger partial charge is 0.251 e. The third-order valence-electron chi connectivity index (χ3n) is 2.38. The van der Waals surface area contributed by atoms with Crippen molar-refractivity contribution in [2.75, 3.05) is 13.2 Å². The minimum absolute atomic E-state index is 0.150. The van der Waals surface area contributed by atoms with Gasteiger partial charge in [-0.25, -0.2) is 0 Å².